The Labute approximate surface area is 202 Å². The fourth-order valence-corrected chi connectivity index (χ4v) is 4.75. The average Bonchev–Trinajstić information content (AvgIpc) is 3.24. The van der Waals surface area contributed by atoms with Crippen LogP contribution in [-0.4, -0.2) is 21.6 Å². The minimum atomic E-state index is -0.196. The molecule has 4 aromatic rings. The van der Waals surface area contributed by atoms with E-state index < -0.39 is 0 Å². The van der Waals surface area contributed by atoms with Crippen LogP contribution in [0.2, 0.25) is 10.0 Å². The Morgan fingerprint density at radius 3 is 2.21 bits per heavy atom. The predicted molar refractivity (Wildman–Crippen MR) is 135 cm³/mol. The predicted octanol–water partition coefficient (Wildman–Crippen LogP) is 7.21. The highest BCUT2D eigenvalue weighted by molar-refractivity contribution is 6.31. The Kier molecular flexibility index (Phi) is 5.65. The molecule has 0 unspecified atom stereocenters. The molecule has 33 heavy (non-hydrogen) atoms. The zero-order valence-corrected chi connectivity index (χ0v) is 19.7. The van der Waals surface area contributed by atoms with Crippen molar-refractivity contribution in [2.24, 2.45) is 5.10 Å². The van der Waals surface area contributed by atoms with Gasteiger partial charge in [-0.2, -0.15) is 5.10 Å². The van der Waals surface area contributed by atoms with E-state index in [1.54, 1.807) is 11.9 Å². The summed E-state index contributed by atoms with van der Waals surface area (Å²) in [5.74, 6) is -0.107. The van der Waals surface area contributed by atoms with Gasteiger partial charge >= 0.3 is 0 Å². The summed E-state index contributed by atoms with van der Waals surface area (Å²) in [6.07, 6.45) is 0.586. The maximum Gasteiger partial charge on any atom is 0.240 e. The summed E-state index contributed by atoms with van der Waals surface area (Å²) in [5, 5.41) is 8.75. The second kappa shape index (κ2) is 8.62. The minimum Gasteiger partial charge on any atom is -0.273 e. The lowest BCUT2D eigenvalue weighted by atomic mass is 9.89. The van der Waals surface area contributed by atoms with Crippen molar-refractivity contribution in [1.29, 1.82) is 0 Å². The van der Waals surface area contributed by atoms with Crippen molar-refractivity contribution in [3.05, 3.63) is 99.7 Å². The molecule has 1 aliphatic heterocycles. The number of carbonyl (C=O) groups excluding carboxylic acids is 1. The second-order valence-electron chi connectivity index (χ2n) is 8.15. The quantitative estimate of drug-likeness (QED) is 0.315. The SMILES string of the molecule is CC(=O)N1N=C(c2c(C)nc3ccccc3c2-c2ccc(Cl)cc2)C[C@H]1c1ccc(Cl)cc1. The molecular formula is C27H21Cl2N3O. The van der Waals surface area contributed by atoms with Crippen LogP contribution in [0.25, 0.3) is 22.0 Å². The molecule has 6 heteroatoms. The number of hydrazone groups is 1. The average molecular weight is 474 g/mol. The van der Waals surface area contributed by atoms with Crippen LogP contribution in [0.4, 0.5) is 0 Å². The van der Waals surface area contributed by atoms with Gasteiger partial charge in [0.15, 0.2) is 0 Å². The van der Waals surface area contributed by atoms with Gasteiger partial charge in [-0.05, 0) is 48.4 Å². The molecule has 164 valence electrons. The molecule has 0 saturated carbocycles. The van der Waals surface area contributed by atoms with Crippen molar-refractivity contribution < 1.29 is 4.79 Å². The number of carbonyl (C=O) groups is 1. The van der Waals surface area contributed by atoms with Crippen molar-refractivity contribution >= 4 is 45.7 Å². The van der Waals surface area contributed by atoms with Crippen molar-refractivity contribution in [1.82, 2.24) is 9.99 Å². The van der Waals surface area contributed by atoms with Crippen molar-refractivity contribution in [3.63, 3.8) is 0 Å². The first-order chi connectivity index (χ1) is 15.9. The summed E-state index contributed by atoms with van der Waals surface area (Å²) in [4.78, 5) is 17.4. The number of aryl methyl sites for hydroxylation is 1. The molecule has 0 bridgehead atoms. The van der Waals surface area contributed by atoms with Gasteiger partial charge in [0.05, 0.1) is 17.3 Å². The number of halogens is 2. The maximum absolute atomic E-state index is 12.5. The number of amides is 1. The fourth-order valence-electron chi connectivity index (χ4n) is 4.50. The van der Waals surface area contributed by atoms with E-state index in [2.05, 4.69) is 6.07 Å². The van der Waals surface area contributed by atoms with Crippen LogP contribution >= 0.6 is 23.2 Å². The van der Waals surface area contributed by atoms with E-state index in [9.17, 15) is 4.79 Å². The highest BCUT2D eigenvalue weighted by Gasteiger charge is 2.33. The molecule has 1 aromatic heterocycles. The van der Waals surface area contributed by atoms with Crippen LogP contribution in [0.5, 0.6) is 0 Å². The van der Waals surface area contributed by atoms with Gasteiger partial charge in [0.25, 0.3) is 0 Å². The van der Waals surface area contributed by atoms with Crippen molar-refractivity contribution in [3.8, 4) is 11.1 Å². The van der Waals surface area contributed by atoms with Crippen LogP contribution in [0.15, 0.2) is 77.9 Å². The van der Waals surface area contributed by atoms with Crippen LogP contribution in [0, 0.1) is 6.92 Å². The molecule has 1 atom stereocenters. The standard InChI is InChI=1S/C27H21Cl2N3O/c1-16-26(24-15-25(32(31-24)17(2)33)18-7-11-20(28)12-8-18)27(19-9-13-21(29)14-10-19)22-5-3-4-6-23(22)30-16/h3-14,25H,15H2,1-2H3/t25-/m0/s1. The molecule has 0 radical (unpaired) electrons. The number of pyridine rings is 1. The summed E-state index contributed by atoms with van der Waals surface area (Å²) in [6, 6.07) is 23.3. The molecule has 0 N–H and O–H groups in total. The first-order valence-electron chi connectivity index (χ1n) is 10.7. The normalized spacial score (nSPS) is 15.7. The molecule has 0 saturated heterocycles. The number of rotatable bonds is 3. The number of fused-ring (bicyclic) bond motifs is 1. The van der Waals surface area contributed by atoms with E-state index in [1.807, 2.05) is 73.7 Å². The number of hydrogen-bond acceptors (Lipinski definition) is 3. The molecule has 0 spiro atoms. The third kappa shape index (κ3) is 4.01. The van der Waals surface area contributed by atoms with E-state index in [-0.39, 0.29) is 11.9 Å². The second-order valence-corrected chi connectivity index (χ2v) is 9.03. The Morgan fingerprint density at radius 2 is 1.55 bits per heavy atom. The Hall–Kier alpha value is -3.21. The smallest absolute Gasteiger partial charge is 0.240 e. The third-order valence-electron chi connectivity index (χ3n) is 5.98. The van der Waals surface area contributed by atoms with Crippen LogP contribution in [0.1, 0.15) is 36.2 Å². The molecule has 3 aromatic carbocycles. The molecular weight excluding hydrogens is 453 g/mol. The van der Waals surface area contributed by atoms with Gasteiger partial charge in [-0.3, -0.25) is 9.78 Å². The zero-order chi connectivity index (χ0) is 23.1. The zero-order valence-electron chi connectivity index (χ0n) is 18.2. The van der Waals surface area contributed by atoms with Gasteiger partial charge in [-0.1, -0.05) is 65.7 Å². The Balaban J connectivity index is 1.71. The first kappa shape index (κ1) is 21.6. The van der Waals surface area contributed by atoms with Gasteiger partial charge < -0.3 is 0 Å². The number of aromatic nitrogens is 1. The van der Waals surface area contributed by atoms with E-state index >= 15 is 0 Å². The van der Waals surface area contributed by atoms with Crippen LogP contribution in [0.3, 0.4) is 0 Å². The monoisotopic (exact) mass is 473 g/mol. The van der Waals surface area contributed by atoms with Gasteiger partial charge in [-0.15, -0.1) is 0 Å². The van der Waals surface area contributed by atoms with Gasteiger partial charge in [0.1, 0.15) is 0 Å². The fraction of sp³-hybridized carbons (Fsp3) is 0.148. The summed E-state index contributed by atoms with van der Waals surface area (Å²) in [7, 11) is 0. The van der Waals surface area contributed by atoms with Crippen LogP contribution < -0.4 is 0 Å². The van der Waals surface area contributed by atoms with Gasteiger partial charge in [-0.25, -0.2) is 5.01 Å². The molecule has 0 fully saturated rings. The first-order valence-corrected chi connectivity index (χ1v) is 11.5. The Morgan fingerprint density at radius 1 is 0.909 bits per heavy atom. The molecule has 0 aliphatic carbocycles. The number of nitrogens with zero attached hydrogens (tertiary/aromatic N) is 3. The largest absolute Gasteiger partial charge is 0.273 e. The highest BCUT2D eigenvalue weighted by atomic mass is 35.5. The molecule has 2 heterocycles. The van der Waals surface area contributed by atoms with E-state index in [0.29, 0.717) is 16.5 Å². The molecule has 1 amide bonds. The summed E-state index contributed by atoms with van der Waals surface area (Å²) < 4.78 is 0. The van der Waals surface area contributed by atoms with E-state index in [0.717, 1.165) is 44.6 Å². The van der Waals surface area contributed by atoms with Gasteiger partial charge in [0, 0.05) is 45.6 Å². The number of para-hydroxylation sites is 1. The van der Waals surface area contributed by atoms with Crippen molar-refractivity contribution in [2.75, 3.05) is 0 Å². The lowest BCUT2D eigenvalue weighted by molar-refractivity contribution is -0.130. The van der Waals surface area contributed by atoms with E-state index in [1.165, 1.54) is 0 Å². The summed E-state index contributed by atoms with van der Waals surface area (Å²) in [6.45, 7) is 3.54. The van der Waals surface area contributed by atoms with Crippen LogP contribution in [-0.2, 0) is 4.79 Å². The molecule has 5 rings (SSSR count). The summed E-state index contributed by atoms with van der Waals surface area (Å²) >= 11 is 12.3. The lowest BCUT2D eigenvalue weighted by Crippen LogP contribution is -2.24. The Bertz CT molecular complexity index is 1400. The minimum absolute atomic E-state index is 0.107. The highest BCUT2D eigenvalue weighted by Crippen LogP contribution is 2.39. The van der Waals surface area contributed by atoms with Gasteiger partial charge in [0.2, 0.25) is 5.91 Å². The maximum atomic E-state index is 12.5. The topological polar surface area (TPSA) is 45.6 Å². The van der Waals surface area contributed by atoms with E-state index in [4.69, 9.17) is 33.3 Å². The van der Waals surface area contributed by atoms with Crippen molar-refractivity contribution in [2.45, 2.75) is 26.3 Å². The lowest BCUT2D eigenvalue weighted by Gasteiger charge is -2.20. The molecule has 4 nitrogen and oxygen atoms in total. The number of benzene rings is 3. The number of hydrogen-bond donors (Lipinski definition) is 0. The third-order valence-corrected chi connectivity index (χ3v) is 6.49. The summed E-state index contributed by atoms with van der Waals surface area (Å²) in [5.41, 5.74) is 6.66. The molecule has 1 aliphatic rings.